The highest BCUT2D eigenvalue weighted by molar-refractivity contribution is 7.15. The number of thiazole rings is 1. The molecule has 142 valence electrons. The first-order chi connectivity index (χ1) is 13.1. The van der Waals surface area contributed by atoms with Crippen LogP contribution in [0.15, 0.2) is 30.5 Å². The molecule has 2 aliphatic rings. The number of ether oxygens (including phenoxy) is 2. The monoisotopic (exact) mass is 387 g/mol. The van der Waals surface area contributed by atoms with Crippen LogP contribution in [0, 0.1) is 12.8 Å². The van der Waals surface area contributed by atoms with E-state index in [0.29, 0.717) is 42.6 Å². The van der Waals surface area contributed by atoms with Crippen LogP contribution in [0.3, 0.4) is 0 Å². The normalized spacial score (nSPS) is 19.6. The minimum atomic E-state index is -0.636. The van der Waals surface area contributed by atoms with Crippen molar-refractivity contribution in [3.63, 3.8) is 0 Å². The van der Waals surface area contributed by atoms with E-state index in [4.69, 9.17) is 9.47 Å². The van der Waals surface area contributed by atoms with Crippen LogP contribution in [0.5, 0.6) is 11.5 Å². The number of para-hydroxylation sites is 2. The van der Waals surface area contributed by atoms with E-state index < -0.39 is 6.10 Å². The van der Waals surface area contributed by atoms with Crippen LogP contribution >= 0.6 is 11.3 Å². The third-order valence-corrected chi connectivity index (χ3v) is 5.64. The van der Waals surface area contributed by atoms with E-state index in [2.05, 4.69) is 10.3 Å². The zero-order valence-corrected chi connectivity index (χ0v) is 15.8. The van der Waals surface area contributed by atoms with E-state index in [1.807, 2.05) is 25.1 Å². The van der Waals surface area contributed by atoms with Crippen molar-refractivity contribution in [1.82, 2.24) is 9.88 Å². The number of likely N-dealkylation sites (tertiary alicyclic amines) is 1. The molecule has 0 aliphatic carbocycles. The molecular weight excluding hydrogens is 366 g/mol. The molecule has 1 N–H and O–H groups in total. The van der Waals surface area contributed by atoms with Gasteiger partial charge >= 0.3 is 0 Å². The van der Waals surface area contributed by atoms with Crippen molar-refractivity contribution in [1.29, 1.82) is 0 Å². The van der Waals surface area contributed by atoms with Crippen LogP contribution in [0.1, 0.15) is 17.7 Å². The van der Waals surface area contributed by atoms with E-state index >= 15 is 0 Å². The maximum absolute atomic E-state index is 12.7. The summed E-state index contributed by atoms with van der Waals surface area (Å²) in [6.07, 6.45) is 2.37. The van der Waals surface area contributed by atoms with Gasteiger partial charge in [-0.2, -0.15) is 0 Å². The number of nitrogens with one attached hydrogen (secondary N) is 1. The Bertz CT molecular complexity index is 845. The van der Waals surface area contributed by atoms with E-state index in [1.165, 1.54) is 11.3 Å². The summed E-state index contributed by atoms with van der Waals surface area (Å²) in [6.45, 7) is 3.23. The van der Waals surface area contributed by atoms with E-state index in [-0.39, 0.29) is 24.3 Å². The molecule has 1 saturated heterocycles. The van der Waals surface area contributed by atoms with Crippen molar-refractivity contribution in [3.05, 3.63) is 35.3 Å². The standard InChI is InChI=1S/C19H21N3O4S/c1-12-10-20-19(27-12)21-17(23)13-6-8-22(9-7-13)18(24)16-11-25-14-4-2-3-5-15(14)26-16/h2-5,10,13,16H,6-9,11H2,1H3,(H,20,21,23)/t16-/m1/s1. The van der Waals surface area contributed by atoms with Gasteiger partial charge in [0, 0.05) is 30.1 Å². The highest BCUT2D eigenvalue weighted by atomic mass is 32.1. The largest absolute Gasteiger partial charge is 0.485 e. The third-order valence-electron chi connectivity index (χ3n) is 4.81. The molecule has 0 spiro atoms. The number of benzene rings is 1. The fourth-order valence-corrected chi connectivity index (χ4v) is 3.99. The molecule has 2 aromatic rings. The highest BCUT2D eigenvalue weighted by Crippen LogP contribution is 2.31. The lowest BCUT2D eigenvalue weighted by molar-refractivity contribution is -0.143. The molecule has 1 atom stereocenters. The fourth-order valence-electron chi connectivity index (χ4n) is 3.33. The predicted octanol–water partition coefficient (Wildman–Crippen LogP) is 2.47. The SMILES string of the molecule is Cc1cnc(NC(=O)C2CCN(C(=O)[C@H]3COc4ccccc4O3)CC2)s1. The molecule has 0 radical (unpaired) electrons. The number of aromatic nitrogens is 1. The molecule has 1 aromatic heterocycles. The maximum atomic E-state index is 12.7. The second kappa shape index (κ2) is 7.56. The van der Waals surface area contributed by atoms with Crippen LogP contribution < -0.4 is 14.8 Å². The Morgan fingerprint density at radius 2 is 1.96 bits per heavy atom. The van der Waals surface area contributed by atoms with Gasteiger partial charge in [0.25, 0.3) is 5.91 Å². The predicted molar refractivity (Wildman–Crippen MR) is 101 cm³/mol. The lowest BCUT2D eigenvalue weighted by Crippen LogP contribution is -2.49. The van der Waals surface area contributed by atoms with Crippen molar-refractivity contribution in [2.45, 2.75) is 25.9 Å². The number of nitrogens with zero attached hydrogens (tertiary/aromatic N) is 2. The van der Waals surface area contributed by atoms with Crippen LogP contribution in [-0.4, -0.2) is 47.5 Å². The minimum Gasteiger partial charge on any atom is -0.485 e. The topological polar surface area (TPSA) is 80.8 Å². The lowest BCUT2D eigenvalue weighted by atomic mass is 9.95. The Balaban J connectivity index is 1.30. The second-order valence-corrected chi connectivity index (χ2v) is 7.96. The molecule has 3 heterocycles. The molecule has 2 amide bonds. The number of aryl methyl sites for hydroxylation is 1. The minimum absolute atomic E-state index is 0.0253. The molecule has 7 nitrogen and oxygen atoms in total. The molecule has 0 unspecified atom stereocenters. The van der Waals surface area contributed by atoms with Gasteiger partial charge in [-0.05, 0) is 31.9 Å². The van der Waals surface area contributed by atoms with E-state index in [1.54, 1.807) is 17.2 Å². The number of piperidine rings is 1. The van der Waals surface area contributed by atoms with Gasteiger partial charge in [0.2, 0.25) is 12.0 Å². The summed E-state index contributed by atoms with van der Waals surface area (Å²) in [4.78, 5) is 32.1. The Hall–Kier alpha value is -2.61. The van der Waals surface area contributed by atoms with Gasteiger partial charge in [0.15, 0.2) is 16.6 Å². The van der Waals surface area contributed by atoms with Crippen LogP contribution in [0.4, 0.5) is 5.13 Å². The number of amides is 2. The summed E-state index contributed by atoms with van der Waals surface area (Å²) >= 11 is 1.46. The van der Waals surface area contributed by atoms with Crippen LogP contribution in [0.25, 0.3) is 0 Å². The molecule has 1 fully saturated rings. The summed E-state index contributed by atoms with van der Waals surface area (Å²) in [7, 11) is 0. The first kappa shape index (κ1) is 17.8. The average Bonchev–Trinajstić information content (AvgIpc) is 3.11. The Kier molecular flexibility index (Phi) is 4.98. The van der Waals surface area contributed by atoms with Crippen LogP contribution in [0.2, 0.25) is 0 Å². The smallest absolute Gasteiger partial charge is 0.267 e. The number of carbonyl (C=O) groups excluding carboxylic acids is 2. The molecule has 2 aliphatic heterocycles. The van der Waals surface area contributed by atoms with Crippen molar-refractivity contribution in [3.8, 4) is 11.5 Å². The first-order valence-corrected chi connectivity index (χ1v) is 9.82. The molecule has 27 heavy (non-hydrogen) atoms. The summed E-state index contributed by atoms with van der Waals surface area (Å²) in [5.74, 6) is 1.04. The second-order valence-electron chi connectivity index (χ2n) is 6.73. The summed E-state index contributed by atoms with van der Waals surface area (Å²) in [5, 5.41) is 3.50. The van der Waals surface area contributed by atoms with Crippen molar-refractivity contribution in [2.75, 3.05) is 25.0 Å². The zero-order valence-electron chi connectivity index (χ0n) is 15.0. The van der Waals surface area contributed by atoms with Gasteiger partial charge in [0.1, 0.15) is 6.61 Å². The maximum Gasteiger partial charge on any atom is 0.267 e. The lowest BCUT2D eigenvalue weighted by Gasteiger charge is -2.34. The van der Waals surface area contributed by atoms with Crippen LogP contribution in [-0.2, 0) is 9.59 Å². The van der Waals surface area contributed by atoms with Gasteiger partial charge in [-0.15, -0.1) is 11.3 Å². The highest BCUT2D eigenvalue weighted by Gasteiger charge is 2.34. The van der Waals surface area contributed by atoms with Crippen molar-refractivity contribution >= 4 is 28.3 Å². The molecule has 1 aromatic carbocycles. The summed E-state index contributed by atoms with van der Waals surface area (Å²) in [5.41, 5.74) is 0. The van der Waals surface area contributed by atoms with Crippen molar-refractivity contribution in [2.24, 2.45) is 5.92 Å². The zero-order chi connectivity index (χ0) is 18.8. The molecule has 0 bridgehead atoms. The number of anilines is 1. The number of hydrogen-bond donors (Lipinski definition) is 1. The van der Waals surface area contributed by atoms with Gasteiger partial charge in [-0.3, -0.25) is 9.59 Å². The Labute approximate surface area is 161 Å². The molecular formula is C19H21N3O4S. The van der Waals surface area contributed by atoms with E-state index in [0.717, 1.165) is 4.88 Å². The number of rotatable bonds is 3. The number of carbonyl (C=O) groups is 2. The van der Waals surface area contributed by atoms with Gasteiger partial charge in [-0.1, -0.05) is 12.1 Å². The molecule has 8 heteroatoms. The summed E-state index contributed by atoms with van der Waals surface area (Å²) < 4.78 is 11.4. The number of fused-ring (bicyclic) bond motifs is 1. The average molecular weight is 387 g/mol. The third kappa shape index (κ3) is 3.90. The summed E-state index contributed by atoms with van der Waals surface area (Å²) in [6, 6.07) is 7.34. The van der Waals surface area contributed by atoms with Crippen molar-refractivity contribution < 1.29 is 19.1 Å². The van der Waals surface area contributed by atoms with Gasteiger partial charge in [0.05, 0.1) is 0 Å². The molecule has 4 rings (SSSR count). The van der Waals surface area contributed by atoms with Gasteiger partial charge in [-0.25, -0.2) is 4.98 Å². The quantitative estimate of drug-likeness (QED) is 0.875. The first-order valence-electron chi connectivity index (χ1n) is 9.01. The van der Waals surface area contributed by atoms with E-state index in [9.17, 15) is 9.59 Å². The van der Waals surface area contributed by atoms with Gasteiger partial charge < -0.3 is 19.7 Å². The molecule has 0 saturated carbocycles. The Morgan fingerprint density at radius 1 is 1.22 bits per heavy atom. The fraction of sp³-hybridized carbons (Fsp3) is 0.421. The number of hydrogen-bond acceptors (Lipinski definition) is 6. The Morgan fingerprint density at radius 3 is 2.67 bits per heavy atom.